The monoisotopic (exact) mass is 507 g/mol. The first-order chi connectivity index (χ1) is 16.6. The quantitative estimate of drug-likeness (QED) is 0.225. The Kier molecular flexibility index (Phi) is 11.1. The molecule has 9 heteroatoms. The van der Waals surface area contributed by atoms with Gasteiger partial charge in [0.25, 0.3) is 5.72 Å². The van der Waals surface area contributed by atoms with E-state index >= 15 is 0 Å². The number of benzene rings is 1. The summed E-state index contributed by atoms with van der Waals surface area (Å²) in [6.45, 7) is 15.5. The average Bonchev–Trinajstić information content (AvgIpc) is 2.79. The highest BCUT2D eigenvalue weighted by Gasteiger charge is 2.46. The van der Waals surface area contributed by atoms with Gasteiger partial charge in [-0.15, -0.1) is 0 Å². The number of aliphatic carboxylic acids is 1. The van der Waals surface area contributed by atoms with Crippen LogP contribution in [0.2, 0.25) is 0 Å². The van der Waals surface area contributed by atoms with Crippen LogP contribution in [0.25, 0.3) is 0 Å². The lowest BCUT2D eigenvalue weighted by Gasteiger charge is -2.35. The van der Waals surface area contributed by atoms with Crippen molar-refractivity contribution >= 4 is 23.9 Å². The Labute approximate surface area is 213 Å². The van der Waals surface area contributed by atoms with Gasteiger partial charge >= 0.3 is 23.9 Å². The summed E-state index contributed by atoms with van der Waals surface area (Å²) in [4.78, 5) is 50.0. The fourth-order valence-corrected chi connectivity index (χ4v) is 2.80. The fraction of sp³-hybridized carbons (Fsp3) is 0.630. The van der Waals surface area contributed by atoms with Gasteiger partial charge in [-0.3, -0.25) is 19.7 Å². The molecule has 0 fully saturated rings. The van der Waals surface area contributed by atoms with Gasteiger partial charge in [0, 0.05) is 12.5 Å². The summed E-state index contributed by atoms with van der Waals surface area (Å²) in [6.07, 6.45) is 0.782. The topological polar surface area (TPSA) is 128 Å². The van der Waals surface area contributed by atoms with Crippen LogP contribution in [0, 0.1) is 17.3 Å². The van der Waals surface area contributed by atoms with Crippen LogP contribution >= 0.6 is 0 Å². The second-order valence-electron chi connectivity index (χ2n) is 10.3. The van der Waals surface area contributed by atoms with E-state index in [1.807, 2.05) is 13.8 Å². The van der Waals surface area contributed by atoms with E-state index in [2.05, 4.69) is 5.32 Å². The molecule has 0 radical (unpaired) electrons. The second kappa shape index (κ2) is 12.9. The largest absolute Gasteiger partial charge is 0.477 e. The van der Waals surface area contributed by atoms with Crippen molar-refractivity contribution in [3.8, 4) is 11.5 Å². The molecule has 1 aromatic rings. The summed E-state index contributed by atoms with van der Waals surface area (Å²) < 4.78 is 16.5. The lowest BCUT2D eigenvalue weighted by Crippen LogP contribution is -2.60. The third-order valence-electron chi connectivity index (χ3n) is 5.97. The van der Waals surface area contributed by atoms with E-state index in [1.165, 1.54) is 12.1 Å². The normalized spacial score (nSPS) is 14.2. The fourth-order valence-electron chi connectivity index (χ4n) is 2.80. The third kappa shape index (κ3) is 8.33. The van der Waals surface area contributed by atoms with E-state index < -0.39 is 46.9 Å². The molecule has 2 N–H and O–H groups in total. The van der Waals surface area contributed by atoms with Gasteiger partial charge in [-0.25, -0.2) is 4.79 Å². The molecule has 1 aromatic carbocycles. The molecule has 0 heterocycles. The Balaban J connectivity index is 3.55. The maximum atomic E-state index is 13.0. The highest BCUT2D eigenvalue weighted by molar-refractivity contribution is 5.84. The first kappa shape index (κ1) is 31.1. The average molecular weight is 508 g/mol. The smallest absolute Gasteiger partial charge is 0.364 e. The number of ether oxygens (including phenoxy) is 3. The number of nitrogens with one attached hydrogen (secondary N) is 1. The van der Waals surface area contributed by atoms with Crippen LogP contribution in [0.5, 0.6) is 11.5 Å². The minimum atomic E-state index is -2.07. The van der Waals surface area contributed by atoms with E-state index in [-0.39, 0.29) is 24.0 Å². The molecule has 0 spiro atoms. The molecule has 0 aliphatic rings. The first-order valence-corrected chi connectivity index (χ1v) is 12.4. The van der Waals surface area contributed by atoms with Crippen LogP contribution < -0.4 is 14.8 Å². The van der Waals surface area contributed by atoms with Gasteiger partial charge in [0.1, 0.15) is 0 Å². The molecule has 0 bridgehead atoms. The molecule has 1 rings (SSSR count). The second-order valence-corrected chi connectivity index (χ2v) is 10.3. The number of rotatable bonds is 13. The van der Waals surface area contributed by atoms with E-state index in [1.54, 1.807) is 54.5 Å². The van der Waals surface area contributed by atoms with Crippen LogP contribution in [0.4, 0.5) is 0 Å². The van der Waals surface area contributed by atoms with Crippen molar-refractivity contribution in [2.24, 2.45) is 17.3 Å². The SMILES string of the molecule is CCC(C)N[C@@](Cc1ccc(OC(=O)C(C)C)c(OC(=O)C(C)C)c1)(OC(=O)C(C)(C)CC)C(=O)O. The molecule has 2 atom stereocenters. The van der Waals surface area contributed by atoms with Crippen LogP contribution in [-0.4, -0.2) is 40.8 Å². The molecule has 202 valence electrons. The molecule has 0 saturated carbocycles. The lowest BCUT2D eigenvalue weighted by atomic mass is 9.90. The first-order valence-electron chi connectivity index (χ1n) is 12.4. The predicted molar refractivity (Wildman–Crippen MR) is 135 cm³/mol. The van der Waals surface area contributed by atoms with Crippen molar-refractivity contribution in [3.05, 3.63) is 23.8 Å². The minimum Gasteiger partial charge on any atom is -0.477 e. The molecule has 9 nitrogen and oxygen atoms in total. The van der Waals surface area contributed by atoms with Crippen molar-refractivity contribution < 1.29 is 38.5 Å². The zero-order chi connectivity index (χ0) is 27.8. The zero-order valence-electron chi connectivity index (χ0n) is 22.9. The number of carbonyl (C=O) groups excluding carboxylic acids is 3. The lowest BCUT2D eigenvalue weighted by molar-refractivity contribution is -0.191. The maximum absolute atomic E-state index is 13.0. The van der Waals surface area contributed by atoms with Crippen LogP contribution in [0.3, 0.4) is 0 Å². The summed E-state index contributed by atoms with van der Waals surface area (Å²) >= 11 is 0. The Morgan fingerprint density at radius 1 is 0.917 bits per heavy atom. The van der Waals surface area contributed by atoms with Crippen molar-refractivity contribution in [2.75, 3.05) is 0 Å². The van der Waals surface area contributed by atoms with Gasteiger partial charge in [0.05, 0.1) is 17.3 Å². The summed E-state index contributed by atoms with van der Waals surface area (Å²) in [5, 5.41) is 13.2. The third-order valence-corrected chi connectivity index (χ3v) is 5.97. The summed E-state index contributed by atoms with van der Waals surface area (Å²) in [6, 6.07) is 4.12. The number of hydrogen-bond donors (Lipinski definition) is 2. The highest BCUT2D eigenvalue weighted by atomic mass is 16.6. The van der Waals surface area contributed by atoms with E-state index in [0.717, 1.165) is 0 Å². The number of carboxylic acids is 1. The van der Waals surface area contributed by atoms with Gasteiger partial charge < -0.3 is 19.3 Å². The molecule has 0 aliphatic carbocycles. The van der Waals surface area contributed by atoms with Crippen molar-refractivity contribution in [1.82, 2.24) is 5.32 Å². The van der Waals surface area contributed by atoms with Gasteiger partial charge in [0.15, 0.2) is 11.5 Å². The maximum Gasteiger partial charge on any atom is 0.364 e. The van der Waals surface area contributed by atoms with E-state index in [4.69, 9.17) is 14.2 Å². The molecule has 0 saturated heterocycles. The Hall–Kier alpha value is -2.94. The summed E-state index contributed by atoms with van der Waals surface area (Å²) in [5.74, 6) is -3.94. The van der Waals surface area contributed by atoms with Gasteiger partial charge in [-0.1, -0.05) is 47.6 Å². The number of hydrogen-bond acceptors (Lipinski definition) is 8. The van der Waals surface area contributed by atoms with Crippen molar-refractivity contribution in [1.29, 1.82) is 0 Å². The van der Waals surface area contributed by atoms with Crippen LogP contribution in [-0.2, 0) is 30.3 Å². The van der Waals surface area contributed by atoms with Crippen LogP contribution in [0.15, 0.2) is 18.2 Å². The Morgan fingerprint density at radius 3 is 1.89 bits per heavy atom. The number of carboxylic acid groups (broad SMARTS) is 1. The Morgan fingerprint density at radius 2 is 1.44 bits per heavy atom. The molecule has 0 aromatic heterocycles. The molecule has 0 aliphatic heterocycles. The van der Waals surface area contributed by atoms with Gasteiger partial charge in [0.2, 0.25) is 0 Å². The minimum absolute atomic E-state index is 0.0248. The zero-order valence-corrected chi connectivity index (χ0v) is 22.9. The molecule has 1 unspecified atom stereocenters. The van der Waals surface area contributed by atoms with Gasteiger partial charge in [-0.2, -0.15) is 0 Å². The van der Waals surface area contributed by atoms with Crippen molar-refractivity contribution in [2.45, 2.75) is 93.3 Å². The Bertz CT molecular complexity index is 953. The van der Waals surface area contributed by atoms with Gasteiger partial charge in [-0.05, 0) is 51.3 Å². The highest BCUT2D eigenvalue weighted by Crippen LogP contribution is 2.33. The van der Waals surface area contributed by atoms with Crippen molar-refractivity contribution in [3.63, 3.8) is 0 Å². The van der Waals surface area contributed by atoms with Crippen LogP contribution in [0.1, 0.15) is 80.7 Å². The number of esters is 3. The standard InChI is InChI=1S/C27H41NO8/c1-10-18(7)28-27(24(31)32,36-25(33)26(8,9)11-2)15-19-12-13-20(34-22(29)16(3)4)21(14-19)35-23(30)17(5)6/h12-14,16-18,28H,10-11,15H2,1-9H3,(H,31,32)/t18?,27-/m0/s1. The predicted octanol–water partition coefficient (Wildman–Crippen LogP) is 4.50. The molecular formula is C27H41NO8. The molecule has 36 heavy (non-hydrogen) atoms. The van der Waals surface area contributed by atoms with E-state index in [9.17, 15) is 24.3 Å². The summed E-state index contributed by atoms with van der Waals surface area (Å²) in [7, 11) is 0. The summed E-state index contributed by atoms with van der Waals surface area (Å²) in [5.41, 5.74) is -2.58. The molecule has 0 amide bonds. The number of carbonyl (C=O) groups is 4. The van der Waals surface area contributed by atoms with E-state index in [0.29, 0.717) is 18.4 Å². The molecular weight excluding hydrogens is 466 g/mol.